The molecule has 0 saturated heterocycles. The lowest BCUT2D eigenvalue weighted by molar-refractivity contribution is -0.127. The molecule has 3 N–H and O–H groups in total. The van der Waals surface area contributed by atoms with E-state index in [0.717, 1.165) is 44.4 Å². The maximum atomic E-state index is 12.1. The van der Waals surface area contributed by atoms with Crippen LogP contribution in [0.3, 0.4) is 0 Å². The summed E-state index contributed by atoms with van der Waals surface area (Å²) < 4.78 is 0. The number of carbonyl (C=O) groups excluding carboxylic acids is 1. The van der Waals surface area contributed by atoms with Gasteiger partial charge in [-0.2, -0.15) is 0 Å². The zero-order valence-corrected chi connectivity index (χ0v) is 10.3. The molecular formula is C13H24N2O. The van der Waals surface area contributed by atoms with Gasteiger partial charge in [0.1, 0.15) is 0 Å². The molecule has 1 amide bonds. The van der Waals surface area contributed by atoms with Gasteiger partial charge in [0.25, 0.3) is 0 Å². The average molecular weight is 224 g/mol. The summed E-state index contributed by atoms with van der Waals surface area (Å²) >= 11 is 0. The van der Waals surface area contributed by atoms with Gasteiger partial charge in [0.2, 0.25) is 5.91 Å². The molecule has 2 aliphatic carbocycles. The van der Waals surface area contributed by atoms with Crippen molar-refractivity contribution in [2.24, 2.45) is 11.7 Å². The van der Waals surface area contributed by atoms with Gasteiger partial charge in [0.15, 0.2) is 0 Å². The minimum absolute atomic E-state index is 0.0949. The summed E-state index contributed by atoms with van der Waals surface area (Å²) in [6.07, 6.45) is 8.79. The minimum atomic E-state index is -0.559. The lowest BCUT2D eigenvalue weighted by atomic mass is 9.96. The van der Waals surface area contributed by atoms with Gasteiger partial charge in [-0.15, -0.1) is 0 Å². The predicted octanol–water partition coefficient (Wildman–Crippen LogP) is 1.95. The number of hydrogen-bond acceptors (Lipinski definition) is 2. The Bertz CT molecular complexity index is 255. The van der Waals surface area contributed by atoms with Crippen LogP contribution in [0.1, 0.15) is 58.3 Å². The smallest absolute Gasteiger partial charge is 0.240 e. The van der Waals surface area contributed by atoms with Crippen molar-refractivity contribution in [2.75, 3.05) is 0 Å². The molecule has 2 aliphatic rings. The molecule has 0 spiro atoms. The number of nitrogens with one attached hydrogen (secondary N) is 1. The standard InChI is InChI=1S/C13H24N2O/c1-2-11(9-10-5-6-10)15-12(16)13(14)7-3-4-8-13/h10-11H,2-9,14H2,1H3,(H,15,16). The van der Waals surface area contributed by atoms with Gasteiger partial charge in [0, 0.05) is 6.04 Å². The number of rotatable bonds is 5. The molecule has 2 saturated carbocycles. The molecule has 0 aliphatic heterocycles. The van der Waals surface area contributed by atoms with Gasteiger partial charge in [-0.3, -0.25) is 4.79 Å². The average Bonchev–Trinajstić information content (AvgIpc) is 2.97. The maximum Gasteiger partial charge on any atom is 0.240 e. The van der Waals surface area contributed by atoms with Crippen molar-refractivity contribution in [1.82, 2.24) is 5.32 Å². The largest absolute Gasteiger partial charge is 0.352 e. The summed E-state index contributed by atoms with van der Waals surface area (Å²) in [4.78, 5) is 12.1. The van der Waals surface area contributed by atoms with E-state index in [-0.39, 0.29) is 5.91 Å². The fourth-order valence-electron chi connectivity index (χ4n) is 2.65. The van der Waals surface area contributed by atoms with Crippen LogP contribution in [0.15, 0.2) is 0 Å². The molecule has 16 heavy (non-hydrogen) atoms. The summed E-state index contributed by atoms with van der Waals surface area (Å²) in [7, 11) is 0. The zero-order chi connectivity index (χ0) is 11.6. The normalized spacial score (nSPS) is 25.4. The number of carbonyl (C=O) groups is 1. The first kappa shape index (κ1) is 11.9. The van der Waals surface area contributed by atoms with Crippen LogP contribution in [-0.4, -0.2) is 17.5 Å². The van der Waals surface area contributed by atoms with E-state index in [4.69, 9.17) is 5.73 Å². The summed E-state index contributed by atoms with van der Waals surface area (Å²) in [6.45, 7) is 2.14. The fraction of sp³-hybridized carbons (Fsp3) is 0.923. The van der Waals surface area contributed by atoms with Crippen molar-refractivity contribution in [3.63, 3.8) is 0 Å². The van der Waals surface area contributed by atoms with Crippen molar-refractivity contribution in [2.45, 2.75) is 69.9 Å². The molecule has 2 rings (SSSR count). The van der Waals surface area contributed by atoms with Gasteiger partial charge < -0.3 is 11.1 Å². The Morgan fingerprint density at radius 3 is 2.56 bits per heavy atom. The fourth-order valence-corrected chi connectivity index (χ4v) is 2.65. The molecule has 3 nitrogen and oxygen atoms in total. The first-order valence-electron chi connectivity index (χ1n) is 6.74. The third kappa shape index (κ3) is 2.76. The number of amides is 1. The lowest BCUT2D eigenvalue weighted by Gasteiger charge is -2.26. The Hall–Kier alpha value is -0.570. The molecule has 0 radical (unpaired) electrons. The summed E-state index contributed by atoms with van der Waals surface area (Å²) in [6, 6.07) is 0.348. The molecule has 0 heterocycles. The molecule has 1 unspecified atom stereocenters. The number of nitrogens with two attached hydrogens (primary N) is 1. The predicted molar refractivity (Wildman–Crippen MR) is 64.9 cm³/mol. The monoisotopic (exact) mass is 224 g/mol. The van der Waals surface area contributed by atoms with Crippen LogP contribution in [-0.2, 0) is 4.79 Å². The van der Waals surface area contributed by atoms with E-state index in [1.165, 1.54) is 12.8 Å². The van der Waals surface area contributed by atoms with Gasteiger partial charge in [-0.25, -0.2) is 0 Å². The third-order valence-electron chi connectivity index (χ3n) is 4.09. The van der Waals surface area contributed by atoms with E-state index >= 15 is 0 Å². The Morgan fingerprint density at radius 1 is 1.44 bits per heavy atom. The van der Waals surface area contributed by atoms with Crippen LogP contribution in [0.5, 0.6) is 0 Å². The lowest BCUT2D eigenvalue weighted by Crippen LogP contribution is -2.54. The molecule has 92 valence electrons. The highest BCUT2D eigenvalue weighted by atomic mass is 16.2. The van der Waals surface area contributed by atoms with Crippen molar-refractivity contribution >= 4 is 5.91 Å². The third-order valence-corrected chi connectivity index (χ3v) is 4.09. The van der Waals surface area contributed by atoms with E-state index in [9.17, 15) is 4.79 Å². The molecule has 0 aromatic rings. The van der Waals surface area contributed by atoms with Gasteiger partial charge in [-0.1, -0.05) is 32.6 Å². The number of hydrogen-bond donors (Lipinski definition) is 2. The highest BCUT2D eigenvalue weighted by molar-refractivity contribution is 5.86. The van der Waals surface area contributed by atoms with E-state index in [0.29, 0.717) is 6.04 Å². The van der Waals surface area contributed by atoms with E-state index in [2.05, 4.69) is 12.2 Å². The summed E-state index contributed by atoms with van der Waals surface area (Å²) in [5.74, 6) is 0.958. The van der Waals surface area contributed by atoms with Crippen molar-refractivity contribution < 1.29 is 4.79 Å². The highest BCUT2D eigenvalue weighted by Crippen LogP contribution is 2.34. The Kier molecular flexibility index (Phi) is 3.53. The molecule has 0 aromatic heterocycles. The van der Waals surface area contributed by atoms with Crippen molar-refractivity contribution in [3.05, 3.63) is 0 Å². The summed E-state index contributed by atoms with van der Waals surface area (Å²) in [5, 5.41) is 3.16. The van der Waals surface area contributed by atoms with E-state index in [1.54, 1.807) is 0 Å². The van der Waals surface area contributed by atoms with Crippen LogP contribution in [0.25, 0.3) is 0 Å². The molecule has 3 heteroatoms. The Balaban J connectivity index is 1.83. The van der Waals surface area contributed by atoms with Gasteiger partial charge in [0.05, 0.1) is 5.54 Å². The Labute approximate surface area is 98.2 Å². The second kappa shape index (κ2) is 4.74. The first-order valence-corrected chi connectivity index (χ1v) is 6.74. The van der Waals surface area contributed by atoms with E-state index < -0.39 is 5.54 Å². The molecular weight excluding hydrogens is 200 g/mol. The first-order chi connectivity index (χ1) is 7.64. The molecule has 1 atom stereocenters. The van der Waals surface area contributed by atoms with Crippen LogP contribution < -0.4 is 11.1 Å². The van der Waals surface area contributed by atoms with Gasteiger partial charge >= 0.3 is 0 Å². The summed E-state index contributed by atoms with van der Waals surface area (Å²) in [5.41, 5.74) is 5.58. The molecule has 0 bridgehead atoms. The molecule has 2 fully saturated rings. The van der Waals surface area contributed by atoms with Crippen LogP contribution in [0.4, 0.5) is 0 Å². The SMILES string of the molecule is CCC(CC1CC1)NC(=O)C1(N)CCCC1. The second-order valence-corrected chi connectivity index (χ2v) is 5.62. The highest BCUT2D eigenvalue weighted by Gasteiger charge is 2.38. The Morgan fingerprint density at radius 2 is 2.06 bits per heavy atom. The zero-order valence-electron chi connectivity index (χ0n) is 10.3. The van der Waals surface area contributed by atoms with Crippen molar-refractivity contribution in [1.29, 1.82) is 0 Å². The van der Waals surface area contributed by atoms with Crippen molar-refractivity contribution in [3.8, 4) is 0 Å². The van der Waals surface area contributed by atoms with Gasteiger partial charge in [-0.05, 0) is 31.6 Å². The van der Waals surface area contributed by atoms with Crippen LogP contribution in [0.2, 0.25) is 0 Å². The molecule has 0 aromatic carbocycles. The van der Waals surface area contributed by atoms with Crippen LogP contribution in [0, 0.1) is 5.92 Å². The van der Waals surface area contributed by atoms with E-state index in [1.807, 2.05) is 0 Å². The minimum Gasteiger partial charge on any atom is -0.352 e. The topological polar surface area (TPSA) is 55.1 Å². The quantitative estimate of drug-likeness (QED) is 0.750. The maximum absolute atomic E-state index is 12.1. The second-order valence-electron chi connectivity index (χ2n) is 5.62. The van der Waals surface area contributed by atoms with Crippen LogP contribution >= 0.6 is 0 Å².